The van der Waals surface area contributed by atoms with Crippen LogP contribution < -0.4 is 10.6 Å². The molecule has 0 spiro atoms. The van der Waals surface area contributed by atoms with Crippen LogP contribution in [-0.2, 0) is 4.74 Å². The number of carbonyl (C=O) groups excluding carboxylic acids is 1. The summed E-state index contributed by atoms with van der Waals surface area (Å²) in [6, 6.07) is 4.17. The number of aliphatic imine (C=N–C) groups is 1. The molecule has 4 nitrogen and oxygen atoms in total. The number of hydrogen-bond donors (Lipinski definition) is 1. The number of benzene rings is 1. The topological polar surface area (TPSA) is 50.7 Å². The van der Waals surface area contributed by atoms with E-state index in [9.17, 15) is 9.18 Å². The number of hydrogen-bond acceptors (Lipinski definition) is 3. The Balaban J connectivity index is -0.00000131. The molecular formula is C31H50FN2O2P. The predicted octanol–water partition coefficient (Wildman–Crippen LogP) is 7.68. The smallest absolute Gasteiger partial charge is 0.251 e. The van der Waals surface area contributed by atoms with Gasteiger partial charge in [0.15, 0.2) is 0 Å². The van der Waals surface area contributed by atoms with Crippen LogP contribution in [0.2, 0.25) is 0 Å². The molecule has 1 unspecified atom stereocenters. The number of amides is 1. The minimum absolute atomic E-state index is 0.140. The lowest BCUT2D eigenvalue weighted by Gasteiger charge is -2.09. The summed E-state index contributed by atoms with van der Waals surface area (Å²) in [4.78, 5) is 16.8. The Bertz CT molecular complexity index is 862. The van der Waals surface area contributed by atoms with Crippen LogP contribution in [0.5, 0.6) is 0 Å². The molecule has 6 heteroatoms. The first-order valence-corrected chi connectivity index (χ1v) is 13.8. The molecule has 0 bridgehead atoms. The number of halogens is 1. The molecule has 0 heterocycles. The molecule has 1 aliphatic carbocycles. The normalized spacial score (nSPS) is 12.8. The summed E-state index contributed by atoms with van der Waals surface area (Å²) in [6.07, 6.45) is 20.1. The van der Waals surface area contributed by atoms with Crippen LogP contribution in [0.4, 0.5) is 4.39 Å². The molecule has 1 fully saturated rings. The maximum Gasteiger partial charge on any atom is 0.251 e. The first-order chi connectivity index (χ1) is 18.0. The van der Waals surface area contributed by atoms with Crippen molar-refractivity contribution in [2.75, 3.05) is 20.2 Å². The molecule has 1 amide bonds. The zero-order valence-electron chi connectivity index (χ0n) is 24.5. The fourth-order valence-corrected chi connectivity index (χ4v) is 3.28. The summed E-state index contributed by atoms with van der Waals surface area (Å²) < 4.78 is 18.8. The molecule has 0 saturated heterocycles. The van der Waals surface area contributed by atoms with Crippen LogP contribution in [0.15, 0.2) is 58.6 Å². The van der Waals surface area contributed by atoms with Crippen molar-refractivity contribution in [2.24, 2.45) is 10.9 Å². The number of ether oxygens (including phenoxy) is 1. The first kappa shape index (κ1) is 38.8. The third-order valence-electron chi connectivity index (χ3n) is 4.48. The highest BCUT2D eigenvalue weighted by atomic mass is 31.0. The number of nitrogens with one attached hydrogen (secondary N) is 1. The highest BCUT2D eigenvalue weighted by molar-refractivity contribution is 7.27. The van der Waals surface area contributed by atoms with Gasteiger partial charge in [-0.15, -0.1) is 22.1 Å². The van der Waals surface area contributed by atoms with Gasteiger partial charge in [-0.25, -0.2) is 9.38 Å². The standard InChI is InChI=1S/C23H30FN2O2P.3C2H6.C2H2/c1-4-6-16(10-18(7-5-2)17-8-9-17)14-25-22(28-3)15-26-23(27)19-11-20(24)13-21(29)12-19;4*1-2/h4,6-7,10-13,17H,5,8-9,14-15,29H2,1-3H3,(H,26,27);3*1-2H3;1-2H/b6-4-,16-10+,18-7-,25-22?;;;;. The Labute approximate surface area is 229 Å². The Morgan fingerprint density at radius 3 is 2.22 bits per heavy atom. The van der Waals surface area contributed by atoms with E-state index in [1.165, 1.54) is 37.7 Å². The number of methoxy groups -OCH3 is 1. The van der Waals surface area contributed by atoms with E-state index in [2.05, 4.69) is 57.5 Å². The molecule has 1 aliphatic rings. The summed E-state index contributed by atoms with van der Waals surface area (Å²) in [5.41, 5.74) is 2.74. The van der Waals surface area contributed by atoms with Gasteiger partial charge in [0.2, 0.25) is 5.90 Å². The Hall–Kier alpha value is -2.70. The van der Waals surface area contributed by atoms with E-state index < -0.39 is 5.82 Å². The monoisotopic (exact) mass is 532 g/mol. The fraction of sp³-hybridized carbons (Fsp3) is 0.484. The lowest BCUT2D eigenvalue weighted by atomic mass is 10.1. The summed E-state index contributed by atoms with van der Waals surface area (Å²) in [7, 11) is 3.92. The highest BCUT2D eigenvalue weighted by Gasteiger charge is 2.24. The average Bonchev–Trinajstić information content (AvgIpc) is 3.78. The molecule has 1 N–H and O–H groups in total. The van der Waals surface area contributed by atoms with E-state index in [-0.39, 0.29) is 18.0 Å². The molecule has 0 aliphatic heterocycles. The molecule has 1 aromatic carbocycles. The Morgan fingerprint density at radius 2 is 1.76 bits per heavy atom. The van der Waals surface area contributed by atoms with Crippen molar-refractivity contribution in [3.8, 4) is 12.8 Å². The van der Waals surface area contributed by atoms with Crippen LogP contribution in [-0.4, -0.2) is 32.0 Å². The molecule has 37 heavy (non-hydrogen) atoms. The van der Waals surface area contributed by atoms with Gasteiger partial charge in [-0.2, -0.15) is 0 Å². The number of allylic oxidation sites excluding steroid dienone is 4. The molecule has 2 rings (SSSR count). The van der Waals surface area contributed by atoms with Gasteiger partial charge in [-0.1, -0.05) is 72.8 Å². The molecule has 1 saturated carbocycles. The van der Waals surface area contributed by atoms with Crippen LogP contribution in [0.25, 0.3) is 0 Å². The van der Waals surface area contributed by atoms with Gasteiger partial charge in [0.05, 0.1) is 20.2 Å². The minimum Gasteiger partial charge on any atom is -0.483 e. The zero-order chi connectivity index (χ0) is 29.2. The SMILES string of the molecule is C#C.CC.CC.CC.C\C=C/C(=C\C(=C\CC)C1CC1)CN=C(CNC(=O)c1cc(F)cc(P)c1)OC. The zero-order valence-corrected chi connectivity index (χ0v) is 25.7. The van der Waals surface area contributed by atoms with E-state index in [4.69, 9.17) is 4.74 Å². The van der Waals surface area contributed by atoms with Crippen molar-refractivity contribution in [1.82, 2.24) is 5.32 Å². The van der Waals surface area contributed by atoms with E-state index in [0.29, 0.717) is 23.7 Å². The number of nitrogens with zero attached hydrogens (tertiary/aromatic N) is 1. The molecule has 1 aromatic rings. The van der Waals surface area contributed by atoms with Gasteiger partial charge >= 0.3 is 0 Å². The average molecular weight is 533 g/mol. The second-order valence-electron chi connectivity index (χ2n) is 6.98. The second-order valence-corrected chi connectivity index (χ2v) is 7.64. The van der Waals surface area contributed by atoms with Crippen molar-refractivity contribution >= 4 is 26.3 Å². The summed E-state index contributed by atoms with van der Waals surface area (Å²) in [6.45, 7) is 16.7. The van der Waals surface area contributed by atoms with Crippen LogP contribution >= 0.6 is 9.24 Å². The highest BCUT2D eigenvalue weighted by Crippen LogP contribution is 2.37. The summed E-state index contributed by atoms with van der Waals surface area (Å²) >= 11 is 0. The Morgan fingerprint density at radius 1 is 1.16 bits per heavy atom. The van der Waals surface area contributed by atoms with Gasteiger partial charge < -0.3 is 10.1 Å². The lowest BCUT2D eigenvalue weighted by Crippen LogP contribution is -2.31. The van der Waals surface area contributed by atoms with Crippen LogP contribution in [0, 0.1) is 24.6 Å². The van der Waals surface area contributed by atoms with Gasteiger partial charge in [0.1, 0.15) is 5.82 Å². The third-order valence-corrected chi connectivity index (χ3v) is 4.81. The van der Waals surface area contributed by atoms with E-state index >= 15 is 0 Å². The molecule has 1 atom stereocenters. The number of carbonyl (C=O) groups is 1. The molecule has 0 aromatic heterocycles. The quantitative estimate of drug-likeness (QED) is 0.117. The molecule has 208 valence electrons. The maximum absolute atomic E-state index is 13.5. The van der Waals surface area contributed by atoms with E-state index in [1.807, 2.05) is 54.5 Å². The van der Waals surface area contributed by atoms with Gasteiger partial charge in [0.25, 0.3) is 5.91 Å². The van der Waals surface area contributed by atoms with Crippen molar-refractivity contribution in [3.05, 3.63) is 65.0 Å². The van der Waals surface area contributed by atoms with Crippen LogP contribution in [0.1, 0.15) is 85.0 Å². The summed E-state index contributed by atoms with van der Waals surface area (Å²) in [5, 5.41) is 3.34. The van der Waals surface area contributed by atoms with Gasteiger partial charge in [-0.3, -0.25) is 4.79 Å². The third kappa shape index (κ3) is 18.2. The number of rotatable bonds is 9. The fourth-order valence-electron chi connectivity index (χ4n) is 2.94. The van der Waals surface area contributed by atoms with E-state index in [1.54, 1.807) is 6.07 Å². The van der Waals surface area contributed by atoms with Crippen molar-refractivity contribution in [2.45, 2.75) is 74.7 Å². The molecular weight excluding hydrogens is 482 g/mol. The first-order valence-electron chi connectivity index (χ1n) is 13.2. The van der Waals surface area contributed by atoms with Crippen molar-refractivity contribution < 1.29 is 13.9 Å². The lowest BCUT2D eigenvalue weighted by molar-refractivity contribution is 0.0957. The predicted molar refractivity (Wildman–Crippen MR) is 165 cm³/mol. The van der Waals surface area contributed by atoms with E-state index in [0.717, 1.165) is 12.0 Å². The molecule has 0 radical (unpaired) electrons. The summed E-state index contributed by atoms with van der Waals surface area (Å²) in [5.74, 6) is 0.275. The van der Waals surface area contributed by atoms with Crippen LogP contribution in [0.3, 0.4) is 0 Å². The van der Waals surface area contributed by atoms with Crippen molar-refractivity contribution in [3.63, 3.8) is 0 Å². The number of terminal acetylenes is 1. The van der Waals surface area contributed by atoms with Gasteiger partial charge in [0, 0.05) is 5.56 Å². The van der Waals surface area contributed by atoms with Gasteiger partial charge in [-0.05, 0) is 66.8 Å². The van der Waals surface area contributed by atoms with Crippen molar-refractivity contribution in [1.29, 1.82) is 0 Å². The Kier molecular flexibility index (Phi) is 27.7. The largest absolute Gasteiger partial charge is 0.483 e. The minimum atomic E-state index is -0.448. The second kappa shape index (κ2) is 26.4. The maximum atomic E-state index is 13.5.